The summed E-state index contributed by atoms with van der Waals surface area (Å²) in [6.45, 7) is 2.48. The third-order valence-corrected chi connectivity index (χ3v) is 5.34. The van der Waals surface area contributed by atoms with Gasteiger partial charge in [-0.05, 0) is 25.7 Å². The first-order valence-electron chi connectivity index (χ1n) is 7.59. The van der Waals surface area contributed by atoms with Gasteiger partial charge >= 0.3 is 0 Å². The van der Waals surface area contributed by atoms with Gasteiger partial charge < -0.3 is 15.8 Å². The predicted molar refractivity (Wildman–Crippen MR) is 82.7 cm³/mol. The number of nitrogens with two attached hydrogens (primary N) is 1. The molecule has 2 rings (SSSR count). The SMILES string of the molecule is CS(=O)(=O)N1CCCCC1CN=C(N)NCC1CCCO1. The number of sulfonamides is 1. The zero-order valence-electron chi connectivity index (χ0n) is 12.6. The quantitative estimate of drug-likeness (QED) is 0.544. The number of piperidine rings is 1. The molecule has 0 saturated carbocycles. The van der Waals surface area contributed by atoms with Crippen LogP contribution in [-0.4, -0.2) is 63.3 Å². The van der Waals surface area contributed by atoms with Crippen LogP contribution in [0.15, 0.2) is 4.99 Å². The van der Waals surface area contributed by atoms with Crippen molar-refractivity contribution in [2.45, 2.75) is 44.2 Å². The molecular weight excluding hydrogens is 292 g/mol. The van der Waals surface area contributed by atoms with E-state index in [1.54, 1.807) is 4.31 Å². The van der Waals surface area contributed by atoms with Gasteiger partial charge in [-0.1, -0.05) is 6.42 Å². The first-order chi connectivity index (χ1) is 9.97. The van der Waals surface area contributed by atoms with Gasteiger partial charge in [0, 0.05) is 25.7 Å². The molecule has 122 valence electrons. The van der Waals surface area contributed by atoms with Crippen LogP contribution in [0.25, 0.3) is 0 Å². The zero-order chi connectivity index (χ0) is 15.3. The van der Waals surface area contributed by atoms with E-state index in [4.69, 9.17) is 10.5 Å². The number of ether oxygens (including phenoxy) is 1. The highest BCUT2D eigenvalue weighted by Crippen LogP contribution is 2.20. The maximum absolute atomic E-state index is 11.8. The largest absolute Gasteiger partial charge is 0.376 e. The summed E-state index contributed by atoms with van der Waals surface area (Å²) < 4.78 is 30.6. The van der Waals surface area contributed by atoms with Gasteiger partial charge in [-0.15, -0.1) is 0 Å². The Labute approximate surface area is 127 Å². The molecule has 2 atom stereocenters. The molecule has 7 nitrogen and oxygen atoms in total. The summed E-state index contributed by atoms with van der Waals surface area (Å²) >= 11 is 0. The summed E-state index contributed by atoms with van der Waals surface area (Å²) in [5, 5.41) is 3.05. The fraction of sp³-hybridized carbons (Fsp3) is 0.923. The van der Waals surface area contributed by atoms with Crippen molar-refractivity contribution >= 4 is 16.0 Å². The maximum Gasteiger partial charge on any atom is 0.211 e. The third-order valence-electron chi connectivity index (χ3n) is 4.01. The molecular formula is C13H26N4O3S. The fourth-order valence-electron chi connectivity index (χ4n) is 2.88. The minimum atomic E-state index is -3.17. The van der Waals surface area contributed by atoms with Gasteiger partial charge in [0.25, 0.3) is 0 Å². The van der Waals surface area contributed by atoms with E-state index in [9.17, 15) is 8.42 Å². The van der Waals surface area contributed by atoms with E-state index >= 15 is 0 Å². The average Bonchev–Trinajstić information content (AvgIpc) is 2.95. The minimum absolute atomic E-state index is 0.0724. The maximum atomic E-state index is 11.8. The van der Waals surface area contributed by atoms with Crippen LogP contribution in [0.3, 0.4) is 0 Å². The second kappa shape index (κ2) is 7.42. The molecule has 0 amide bonds. The first-order valence-corrected chi connectivity index (χ1v) is 9.44. The molecule has 0 bridgehead atoms. The molecule has 2 fully saturated rings. The lowest BCUT2D eigenvalue weighted by Crippen LogP contribution is -2.45. The molecule has 0 aromatic carbocycles. The second-order valence-corrected chi connectivity index (χ2v) is 7.70. The zero-order valence-corrected chi connectivity index (χ0v) is 13.4. The molecule has 0 aromatic rings. The Hall–Kier alpha value is -0.860. The van der Waals surface area contributed by atoms with Crippen molar-refractivity contribution in [2.75, 3.05) is 32.5 Å². The van der Waals surface area contributed by atoms with E-state index in [0.717, 1.165) is 38.7 Å². The number of guanidine groups is 1. The molecule has 2 saturated heterocycles. The Balaban J connectivity index is 1.82. The summed E-state index contributed by atoms with van der Waals surface area (Å²) in [6.07, 6.45) is 6.40. The van der Waals surface area contributed by atoms with Gasteiger partial charge in [-0.25, -0.2) is 8.42 Å². The Morgan fingerprint density at radius 1 is 1.38 bits per heavy atom. The van der Waals surface area contributed by atoms with Gasteiger partial charge in [0.15, 0.2) is 5.96 Å². The molecule has 0 aliphatic carbocycles. The van der Waals surface area contributed by atoms with Crippen LogP contribution in [-0.2, 0) is 14.8 Å². The Bertz CT molecular complexity index is 460. The molecule has 21 heavy (non-hydrogen) atoms. The summed E-state index contributed by atoms with van der Waals surface area (Å²) in [4.78, 5) is 4.29. The van der Waals surface area contributed by atoms with Crippen LogP contribution < -0.4 is 11.1 Å². The standard InChI is InChI=1S/C13H26N4O3S/c1-21(18,19)17-7-3-2-5-11(17)9-15-13(14)16-10-12-6-4-8-20-12/h11-12H,2-10H2,1H3,(H3,14,15,16). The summed E-state index contributed by atoms with van der Waals surface area (Å²) in [5.74, 6) is 0.365. The van der Waals surface area contributed by atoms with Gasteiger partial charge in [0.05, 0.1) is 18.9 Å². The third kappa shape index (κ3) is 5.12. The number of hydrogen-bond acceptors (Lipinski definition) is 4. The highest BCUT2D eigenvalue weighted by molar-refractivity contribution is 7.88. The van der Waals surface area contributed by atoms with Crippen LogP contribution >= 0.6 is 0 Å². The van der Waals surface area contributed by atoms with Crippen LogP contribution in [0.5, 0.6) is 0 Å². The van der Waals surface area contributed by atoms with Gasteiger partial charge in [-0.2, -0.15) is 4.31 Å². The lowest BCUT2D eigenvalue weighted by molar-refractivity contribution is 0.114. The molecule has 2 unspecified atom stereocenters. The van der Waals surface area contributed by atoms with Gasteiger partial charge in [0.1, 0.15) is 0 Å². The molecule has 8 heteroatoms. The van der Waals surface area contributed by atoms with Crippen molar-refractivity contribution < 1.29 is 13.2 Å². The van der Waals surface area contributed by atoms with E-state index in [1.165, 1.54) is 6.26 Å². The molecule has 2 aliphatic rings. The van der Waals surface area contributed by atoms with Crippen LogP contribution in [0.2, 0.25) is 0 Å². The molecule has 2 heterocycles. The van der Waals surface area contributed by atoms with Crippen molar-refractivity contribution in [1.29, 1.82) is 0 Å². The predicted octanol–water partition coefficient (Wildman–Crippen LogP) is -0.116. The number of nitrogens with one attached hydrogen (secondary N) is 1. The second-order valence-electron chi connectivity index (χ2n) is 5.77. The van der Waals surface area contributed by atoms with E-state index in [2.05, 4.69) is 10.3 Å². The van der Waals surface area contributed by atoms with Gasteiger partial charge in [0.2, 0.25) is 10.0 Å². The topological polar surface area (TPSA) is 97.0 Å². The van der Waals surface area contributed by atoms with Crippen molar-refractivity contribution in [1.82, 2.24) is 9.62 Å². The van der Waals surface area contributed by atoms with Crippen molar-refractivity contribution in [3.05, 3.63) is 0 Å². The van der Waals surface area contributed by atoms with E-state index < -0.39 is 10.0 Å². The van der Waals surface area contributed by atoms with Crippen LogP contribution in [0.4, 0.5) is 0 Å². The van der Waals surface area contributed by atoms with E-state index in [-0.39, 0.29) is 12.1 Å². The molecule has 3 N–H and O–H groups in total. The van der Waals surface area contributed by atoms with Crippen LogP contribution in [0, 0.1) is 0 Å². The smallest absolute Gasteiger partial charge is 0.211 e. The monoisotopic (exact) mass is 318 g/mol. The first kappa shape index (κ1) is 16.5. The van der Waals surface area contributed by atoms with Crippen molar-refractivity contribution in [3.8, 4) is 0 Å². The normalized spacial score (nSPS) is 28.7. The number of aliphatic imine (C=N–C) groups is 1. The Morgan fingerprint density at radius 3 is 2.86 bits per heavy atom. The summed E-state index contributed by atoms with van der Waals surface area (Å²) in [7, 11) is -3.17. The summed E-state index contributed by atoms with van der Waals surface area (Å²) in [5.41, 5.74) is 5.84. The lowest BCUT2D eigenvalue weighted by Gasteiger charge is -2.32. The number of hydrogen-bond donors (Lipinski definition) is 2. The van der Waals surface area contributed by atoms with Crippen molar-refractivity contribution in [2.24, 2.45) is 10.7 Å². The molecule has 0 spiro atoms. The molecule has 2 aliphatic heterocycles. The lowest BCUT2D eigenvalue weighted by atomic mass is 10.1. The Morgan fingerprint density at radius 2 is 2.19 bits per heavy atom. The Kier molecular flexibility index (Phi) is 5.83. The van der Waals surface area contributed by atoms with Crippen LogP contribution in [0.1, 0.15) is 32.1 Å². The highest BCUT2D eigenvalue weighted by atomic mass is 32.2. The molecule has 0 radical (unpaired) electrons. The van der Waals surface area contributed by atoms with Gasteiger partial charge in [-0.3, -0.25) is 4.99 Å². The van der Waals surface area contributed by atoms with E-state index in [1.807, 2.05) is 0 Å². The average molecular weight is 318 g/mol. The fourth-order valence-corrected chi connectivity index (χ4v) is 4.05. The minimum Gasteiger partial charge on any atom is -0.376 e. The van der Waals surface area contributed by atoms with Crippen molar-refractivity contribution in [3.63, 3.8) is 0 Å². The van der Waals surface area contributed by atoms with E-state index in [0.29, 0.717) is 25.6 Å². The highest BCUT2D eigenvalue weighted by Gasteiger charge is 2.29. The number of rotatable bonds is 5. The molecule has 0 aromatic heterocycles. The number of nitrogens with zero attached hydrogens (tertiary/aromatic N) is 2. The summed E-state index contributed by atoms with van der Waals surface area (Å²) in [6, 6.07) is -0.0724.